The first-order valence-electron chi connectivity index (χ1n) is 3.98. The number of ether oxygens (including phenoxy) is 2. The molecule has 0 atom stereocenters. The fourth-order valence-electron chi connectivity index (χ4n) is 0.837. The number of para-hydroxylation sites is 1. The van der Waals surface area contributed by atoms with Crippen LogP contribution in [0.2, 0.25) is 0 Å². The zero-order chi connectivity index (χ0) is 8.65. The minimum absolute atomic E-state index is 0. The van der Waals surface area contributed by atoms with Crippen molar-refractivity contribution in [2.45, 2.75) is 0 Å². The molecule has 1 aromatic rings. The molecule has 0 saturated heterocycles. The molecule has 0 unspecified atom stereocenters. The maximum Gasteiger partial charge on any atom is 1.00 e. The summed E-state index contributed by atoms with van der Waals surface area (Å²) in [5, 5.41) is 0. The van der Waals surface area contributed by atoms with Crippen molar-refractivity contribution in [3.63, 3.8) is 0 Å². The molecular weight excluding hydrogens is 175 g/mol. The zero-order valence-electron chi connectivity index (χ0n) is 8.03. The third kappa shape index (κ3) is 6.11. The van der Waals surface area contributed by atoms with Gasteiger partial charge in [0.1, 0.15) is 12.4 Å². The van der Waals surface area contributed by atoms with Gasteiger partial charge in [0.15, 0.2) is 0 Å². The van der Waals surface area contributed by atoms with Gasteiger partial charge in [-0.2, -0.15) is 0 Å². The zero-order valence-corrected chi connectivity index (χ0v) is 10.0. The smallest absolute Gasteiger partial charge is 0.491 e. The van der Waals surface area contributed by atoms with Crippen LogP contribution in [0.25, 0.3) is 0 Å². The van der Waals surface area contributed by atoms with Crippen LogP contribution in [0.3, 0.4) is 0 Å². The molecule has 0 spiro atoms. The fraction of sp³-hybridized carbons (Fsp3) is 0.300. The van der Waals surface area contributed by atoms with E-state index in [0.717, 1.165) is 5.75 Å². The van der Waals surface area contributed by atoms with Crippen molar-refractivity contribution in [3.8, 4) is 5.75 Å². The van der Waals surface area contributed by atoms with Gasteiger partial charge in [0.25, 0.3) is 0 Å². The van der Waals surface area contributed by atoms with Gasteiger partial charge in [-0.05, 0) is 12.1 Å². The van der Waals surface area contributed by atoms with Crippen LogP contribution in [0, 0.1) is 6.92 Å². The number of hydrogen-bond acceptors (Lipinski definition) is 2. The summed E-state index contributed by atoms with van der Waals surface area (Å²) in [4.78, 5) is 0. The van der Waals surface area contributed by atoms with Crippen LogP contribution in [0.4, 0.5) is 0 Å². The standard InChI is InChI=1S/C10H13O2.Na/c1-2-11-8-9-12-10-6-4-3-5-7-10;/h3-7H,1-2,8-9H2;/q-1;+1. The predicted octanol–water partition coefficient (Wildman–Crippen LogP) is -1.08. The summed E-state index contributed by atoms with van der Waals surface area (Å²) in [6.45, 7) is 5.23. The second-order valence-electron chi connectivity index (χ2n) is 2.27. The van der Waals surface area contributed by atoms with Gasteiger partial charge in [0.05, 0.1) is 6.61 Å². The third-order valence-corrected chi connectivity index (χ3v) is 1.38. The molecular formula is C10H13NaO2. The van der Waals surface area contributed by atoms with E-state index in [1.165, 1.54) is 0 Å². The van der Waals surface area contributed by atoms with Crippen LogP contribution in [-0.4, -0.2) is 19.8 Å². The monoisotopic (exact) mass is 188 g/mol. The second-order valence-corrected chi connectivity index (χ2v) is 2.27. The van der Waals surface area contributed by atoms with E-state index in [1.54, 1.807) is 0 Å². The van der Waals surface area contributed by atoms with Gasteiger partial charge in [-0.15, -0.1) is 0 Å². The molecule has 1 aromatic carbocycles. The largest absolute Gasteiger partial charge is 1.00 e. The molecule has 0 amide bonds. The van der Waals surface area contributed by atoms with Gasteiger partial charge in [-0.25, -0.2) is 0 Å². The van der Waals surface area contributed by atoms with Gasteiger partial charge in [0.2, 0.25) is 0 Å². The maximum absolute atomic E-state index is 5.36. The molecule has 66 valence electrons. The Morgan fingerprint density at radius 2 is 1.77 bits per heavy atom. The van der Waals surface area contributed by atoms with Crippen LogP contribution in [-0.2, 0) is 4.74 Å². The number of rotatable bonds is 5. The van der Waals surface area contributed by atoms with Crippen molar-refractivity contribution in [1.29, 1.82) is 0 Å². The molecule has 13 heavy (non-hydrogen) atoms. The van der Waals surface area contributed by atoms with Crippen molar-refractivity contribution in [1.82, 2.24) is 0 Å². The Morgan fingerprint density at radius 3 is 2.38 bits per heavy atom. The first-order chi connectivity index (χ1) is 5.93. The minimum atomic E-state index is 0. The molecule has 0 radical (unpaired) electrons. The first-order valence-corrected chi connectivity index (χ1v) is 3.98. The molecule has 0 aromatic heterocycles. The summed E-state index contributed by atoms with van der Waals surface area (Å²) in [5.41, 5.74) is 0. The summed E-state index contributed by atoms with van der Waals surface area (Å²) in [5.74, 6) is 0.880. The van der Waals surface area contributed by atoms with Gasteiger partial charge < -0.3 is 16.4 Å². The van der Waals surface area contributed by atoms with Crippen molar-refractivity contribution in [3.05, 3.63) is 37.3 Å². The Hall–Kier alpha value is -0.0200. The average molecular weight is 188 g/mol. The Bertz CT molecular complexity index is 201. The predicted molar refractivity (Wildman–Crippen MR) is 48.1 cm³/mol. The van der Waals surface area contributed by atoms with Crippen LogP contribution >= 0.6 is 0 Å². The Kier molecular flexibility index (Phi) is 8.56. The van der Waals surface area contributed by atoms with E-state index in [4.69, 9.17) is 9.47 Å². The van der Waals surface area contributed by atoms with E-state index in [2.05, 4.69) is 6.92 Å². The van der Waals surface area contributed by atoms with Gasteiger partial charge in [0, 0.05) is 0 Å². The Labute approximate surface area is 102 Å². The normalized spacial score (nSPS) is 9.00. The Morgan fingerprint density at radius 1 is 1.08 bits per heavy atom. The van der Waals surface area contributed by atoms with E-state index >= 15 is 0 Å². The summed E-state index contributed by atoms with van der Waals surface area (Å²) in [6, 6.07) is 9.68. The molecule has 0 fully saturated rings. The quantitative estimate of drug-likeness (QED) is 0.332. The molecule has 1 rings (SSSR count). The van der Waals surface area contributed by atoms with E-state index < -0.39 is 0 Å². The van der Waals surface area contributed by atoms with Crippen molar-refractivity contribution < 1.29 is 39.0 Å². The van der Waals surface area contributed by atoms with Crippen LogP contribution < -0.4 is 34.3 Å². The van der Waals surface area contributed by atoms with Crippen molar-refractivity contribution in [2.75, 3.05) is 19.8 Å². The molecule has 0 saturated carbocycles. The first kappa shape index (κ1) is 13.0. The maximum atomic E-state index is 5.36. The van der Waals surface area contributed by atoms with Crippen molar-refractivity contribution in [2.24, 2.45) is 0 Å². The molecule has 0 aliphatic heterocycles. The van der Waals surface area contributed by atoms with E-state index in [9.17, 15) is 0 Å². The van der Waals surface area contributed by atoms with E-state index in [-0.39, 0.29) is 29.6 Å². The molecule has 0 aliphatic carbocycles. The van der Waals surface area contributed by atoms with Gasteiger partial charge in [-0.3, -0.25) is 0 Å². The van der Waals surface area contributed by atoms with Crippen LogP contribution in [0.5, 0.6) is 5.75 Å². The average Bonchev–Trinajstić information content (AvgIpc) is 2.14. The SMILES string of the molecule is [CH2-]COCCOc1ccccc1.[Na+]. The van der Waals surface area contributed by atoms with E-state index in [1.807, 2.05) is 30.3 Å². The summed E-state index contributed by atoms with van der Waals surface area (Å²) < 4.78 is 10.4. The molecule has 0 N–H and O–H groups in total. The fourth-order valence-corrected chi connectivity index (χ4v) is 0.837. The van der Waals surface area contributed by atoms with Crippen molar-refractivity contribution >= 4 is 0 Å². The van der Waals surface area contributed by atoms with Crippen LogP contribution in [0.1, 0.15) is 0 Å². The summed E-state index contributed by atoms with van der Waals surface area (Å²) in [7, 11) is 0. The molecule has 0 heterocycles. The topological polar surface area (TPSA) is 18.5 Å². The van der Waals surface area contributed by atoms with Gasteiger partial charge >= 0.3 is 29.6 Å². The summed E-state index contributed by atoms with van der Waals surface area (Å²) in [6.07, 6.45) is 0. The van der Waals surface area contributed by atoms with Crippen LogP contribution in [0.15, 0.2) is 30.3 Å². The molecule has 0 aliphatic rings. The number of benzene rings is 1. The minimum Gasteiger partial charge on any atom is -0.491 e. The molecule has 3 heteroatoms. The third-order valence-electron chi connectivity index (χ3n) is 1.38. The molecule has 0 bridgehead atoms. The Balaban J connectivity index is 0.00000144. The summed E-state index contributed by atoms with van der Waals surface area (Å²) >= 11 is 0. The second kappa shape index (κ2) is 8.57. The van der Waals surface area contributed by atoms with Gasteiger partial charge in [-0.1, -0.05) is 24.8 Å². The number of hydrogen-bond donors (Lipinski definition) is 0. The molecule has 2 nitrogen and oxygen atoms in total. The van der Waals surface area contributed by atoms with E-state index in [0.29, 0.717) is 19.8 Å².